The van der Waals surface area contributed by atoms with Crippen LogP contribution in [0.1, 0.15) is 44.2 Å². The van der Waals surface area contributed by atoms with Crippen molar-refractivity contribution >= 4 is 23.1 Å². The van der Waals surface area contributed by atoms with Crippen LogP contribution in [0.4, 0.5) is 17.2 Å². The minimum atomic E-state index is -0.612. The topological polar surface area (TPSA) is 108 Å². The van der Waals surface area contributed by atoms with Crippen LogP contribution in [0.2, 0.25) is 0 Å². The average molecular weight is 471 g/mol. The molecule has 186 valence electrons. The number of hydrogen-bond donors (Lipinski definition) is 2. The summed E-state index contributed by atoms with van der Waals surface area (Å²) in [7, 11) is 0. The smallest absolute Gasteiger partial charge is 0.330 e. The van der Waals surface area contributed by atoms with Gasteiger partial charge < -0.3 is 15.5 Å². The number of nitrogens with two attached hydrogens (primary N) is 1. The van der Waals surface area contributed by atoms with E-state index in [1.54, 1.807) is 0 Å². The van der Waals surface area contributed by atoms with Crippen molar-refractivity contribution in [2.75, 3.05) is 54.8 Å². The number of piperazine rings is 1. The zero-order valence-corrected chi connectivity index (χ0v) is 20.9. The van der Waals surface area contributed by atoms with Crippen LogP contribution in [0.5, 0.6) is 0 Å². The molecule has 0 saturated carbocycles. The molecule has 1 aromatic carbocycles. The summed E-state index contributed by atoms with van der Waals surface area (Å²) in [6.45, 7) is 12.4. The van der Waals surface area contributed by atoms with E-state index in [4.69, 9.17) is 5.73 Å². The van der Waals surface area contributed by atoms with Gasteiger partial charge in [-0.2, -0.15) is 0 Å². The van der Waals surface area contributed by atoms with Crippen LogP contribution in [0.3, 0.4) is 0 Å². The number of carbonyl (C=O) groups excluding carboxylic acids is 1. The highest BCUT2D eigenvalue weighted by Crippen LogP contribution is 2.24. The lowest BCUT2D eigenvalue weighted by Gasteiger charge is -2.37. The number of carbonyl (C=O) groups is 1. The Morgan fingerprint density at radius 2 is 1.79 bits per heavy atom. The first-order chi connectivity index (χ1) is 16.3. The minimum absolute atomic E-state index is 0.0554. The van der Waals surface area contributed by atoms with Crippen LogP contribution in [-0.2, 0) is 11.3 Å². The lowest BCUT2D eigenvalue weighted by atomic mass is 10.1. The number of aromatic nitrogens is 2. The van der Waals surface area contributed by atoms with Gasteiger partial charge in [0.1, 0.15) is 5.82 Å². The normalized spacial score (nSPS) is 14.4. The molecule has 0 spiro atoms. The van der Waals surface area contributed by atoms with Crippen molar-refractivity contribution < 1.29 is 4.79 Å². The van der Waals surface area contributed by atoms with E-state index < -0.39 is 11.2 Å². The fourth-order valence-electron chi connectivity index (χ4n) is 4.46. The minimum Gasteiger partial charge on any atom is -0.383 e. The lowest BCUT2D eigenvalue weighted by Crippen LogP contribution is -2.51. The summed E-state index contributed by atoms with van der Waals surface area (Å²) in [5.41, 5.74) is 8.98. The van der Waals surface area contributed by atoms with E-state index in [9.17, 15) is 14.4 Å². The highest BCUT2D eigenvalue weighted by atomic mass is 16.2. The molecular formula is C25H38N6O3. The molecule has 3 rings (SSSR count). The van der Waals surface area contributed by atoms with Crippen molar-refractivity contribution in [1.29, 1.82) is 0 Å². The molecular weight excluding hydrogens is 432 g/mol. The molecule has 2 aromatic rings. The Bertz CT molecular complexity index is 1110. The van der Waals surface area contributed by atoms with Gasteiger partial charge in [0.05, 0.1) is 6.54 Å². The predicted molar refractivity (Wildman–Crippen MR) is 138 cm³/mol. The average Bonchev–Trinajstić information content (AvgIpc) is 2.81. The third kappa shape index (κ3) is 5.52. The van der Waals surface area contributed by atoms with Gasteiger partial charge in [0, 0.05) is 45.0 Å². The van der Waals surface area contributed by atoms with Crippen molar-refractivity contribution in [3.8, 4) is 0 Å². The summed E-state index contributed by atoms with van der Waals surface area (Å²) in [4.78, 5) is 46.6. The van der Waals surface area contributed by atoms with Crippen LogP contribution < -0.4 is 26.8 Å². The number of aryl methyl sites for hydroxylation is 1. The van der Waals surface area contributed by atoms with Gasteiger partial charge in [0.2, 0.25) is 5.91 Å². The van der Waals surface area contributed by atoms with Crippen molar-refractivity contribution in [3.05, 3.63) is 50.2 Å². The fraction of sp³-hybridized carbons (Fsp3) is 0.560. The fourth-order valence-corrected chi connectivity index (χ4v) is 4.46. The molecule has 0 radical (unpaired) electrons. The Kier molecular flexibility index (Phi) is 8.55. The van der Waals surface area contributed by atoms with Crippen LogP contribution in [0.15, 0.2) is 27.8 Å². The number of H-pyrrole nitrogens is 1. The Hall–Kier alpha value is -3.07. The zero-order chi connectivity index (χ0) is 24.8. The van der Waals surface area contributed by atoms with E-state index in [0.717, 1.165) is 39.0 Å². The molecule has 0 atom stereocenters. The second-order valence-electron chi connectivity index (χ2n) is 9.03. The molecule has 2 heterocycles. The summed E-state index contributed by atoms with van der Waals surface area (Å²) in [5, 5.41) is 0. The summed E-state index contributed by atoms with van der Waals surface area (Å²) in [5.74, 6) is -0.118. The second-order valence-corrected chi connectivity index (χ2v) is 9.03. The van der Waals surface area contributed by atoms with E-state index >= 15 is 0 Å². The van der Waals surface area contributed by atoms with Gasteiger partial charge in [-0.05, 0) is 43.9 Å². The number of anilines is 3. The molecule has 9 nitrogen and oxygen atoms in total. The maximum Gasteiger partial charge on any atom is 0.330 e. The van der Waals surface area contributed by atoms with Crippen molar-refractivity contribution in [3.63, 3.8) is 0 Å². The molecule has 1 amide bonds. The molecule has 1 aliphatic rings. The quantitative estimate of drug-likeness (QED) is 0.581. The molecule has 0 aliphatic carbocycles. The molecule has 1 aliphatic heterocycles. The molecule has 1 fully saturated rings. The summed E-state index contributed by atoms with van der Waals surface area (Å²) >= 11 is 0. The Balaban J connectivity index is 1.76. The van der Waals surface area contributed by atoms with E-state index in [2.05, 4.69) is 46.8 Å². The standard InChI is InChI=1S/C25H38N6O3/c1-5-7-12-30(22-23(26)31(11-6-2)25(34)27-24(22)33)21(32)17-28-13-15-29(16-14-28)20-10-8-9-18(3)19(20)4/h8-10H,5-7,11-17,26H2,1-4H3,(H,27,33,34). The number of nitrogens with one attached hydrogen (secondary N) is 1. The van der Waals surface area contributed by atoms with Crippen molar-refractivity contribution in [2.45, 2.75) is 53.5 Å². The van der Waals surface area contributed by atoms with Gasteiger partial charge in [-0.15, -0.1) is 0 Å². The largest absolute Gasteiger partial charge is 0.383 e. The van der Waals surface area contributed by atoms with Gasteiger partial charge >= 0.3 is 5.69 Å². The number of unbranched alkanes of at least 4 members (excludes halogenated alkanes) is 1. The number of aromatic amines is 1. The van der Waals surface area contributed by atoms with Crippen molar-refractivity contribution in [1.82, 2.24) is 14.5 Å². The molecule has 0 bridgehead atoms. The summed E-state index contributed by atoms with van der Waals surface area (Å²) in [6, 6.07) is 6.35. The molecule has 0 unspecified atom stereocenters. The van der Waals surface area contributed by atoms with E-state index in [0.29, 0.717) is 19.5 Å². The summed E-state index contributed by atoms with van der Waals surface area (Å²) < 4.78 is 1.34. The lowest BCUT2D eigenvalue weighted by molar-refractivity contribution is -0.119. The van der Waals surface area contributed by atoms with Crippen LogP contribution in [0, 0.1) is 13.8 Å². The number of nitrogen functional groups attached to an aromatic ring is 1. The number of benzene rings is 1. The number of amides is 1. The van der Waals surface area contributed by atoms with Gasteiger partial charge in [-0.3, -0.25) is 24.0 Å². The van der Waals surface area contributed by atoms with E-state index in [1.165, 1.54) is 26.3 Å². The van der Waals surface area contributed by atoms with Crippen LogP contribution in [-0.4, -0.2) is 59.6 Å². The maximum absolute atomic E-state index is 13.4. The highest BCUT2D eigenvalue weighted by molar-refractivity contribution is 5.96. The molecule has 1 aromatic heterocycles. The van der Waals surface area contributed by atoms with Gasteiger partial charge in [-0.25, -0.2) is 4.79 Å². The second kappa shape index (κ2) is 11.4. The summed E-state index contributed by atoms with van der Waals surface area (Å²) in [6.07, 6.45) is 2.28. The first kappa shape index (κ1) is 25.6. The van der Waals surface area contributed by atoms with E-state index in [1.807, 2.05) is 13.8 Å². The maximum atomic E-state index is 13.4. The van der Waals surface area contributed by atoms with E-state index in [-0.39, 0.29) is 24.0 Å². The Morgan fingerprint density at radius 3 is 2.44 bits per heavy atom. The van der Waals surface area contributed by atoms with Crippen LogP contribution >= 0.6 is 0 Å². The van der Waals surface area contributed by atoms with Crippen LogP contribution in [0.25, 0.3) is 0 Å². The monoisotopic (exact) mass is 470 g/mol. The third-order valence-electron chi connectivity index (χ3n) is 6.62. The predicted octanol–water partition coefficient (Wildman–Crippen LogP) is 2.10. The van der Waals surface area contributed by atoms with Gasteiger partial charge in [0.15, 0.2) is 5.69 Å². The first-order valence-corrected chi connectivity index (χ1v) is 12.2. The highest BCUT2D eigenvalue weighted by Gasteiger charge is 2.27. The zero-order valence-electron chi connectivity index (χ0n) is 20.9. The number of rotatable bonds is 9. The number of hydrogen-bond acceptors (Lipinski definition) is 6. The molecule has 3 N–H and O–H groups in total. The first-order valence-electron chi connectivity index (χ1n) is 12.2. The molecule has 9 heteroatoms. The Morgan fingerprint density at radius 1 is 1.09 bits per heavy atom. The van der Waals surface area contributed by atoms with Gasteiger partial charge in [-0.1, -0.05) is 32.4 Å². The number of nitrogens with zero attached hydrogens (tertiary/aromatic N) is 4. The molecule has 34 heavy (non-hydrogen) atoms. The molecule has 1 saturated heterocycles. The SMILES string of the molecule is CCCCN(C(=O)CN1CCN(c2cccc(C)c2C)CC1)c1c(N)n(CCC)c(=O)[nH]c1=O. The Labute approximate surface area is 201 Å². The third-order valence-corrected chi connectivity index (χ3v) is 6.62. The van der Waals surface area contributed by atoms with Crippen molar-refractivity contribution in [2.24, 2.45) is 0 Å². The van der Waals surface area contributed by atoms with Gasteiger partial charge in [0.25, 0.3) is 5.56 Å².